The Labute approximate surface area is 210 Å². The van der Waals surface area contributed by atoms with E-state index in [0.29, 0.717) is 18.7 Å². The summed E-state index contributed by atoms with van der Waals surface area (Å²) in [4.78, 5) is 22.2. The van der Waals surface area contributed by atoms with E-state index in [1.807, 2.05) is 73.8 Å². The average molecular weight is 485 g/mol. The first-order chi connectivity index (χ1) is 17.6. The number of carbonyl (C=O) groups excluding carboxylic acids is 1. The third-order valence-corrected chi connectivity index (χ3v) is 6.49. The number of piperazine rings is 1. The number of aromatic nitrogens is 1. The maximum absolute atomic E-state index is 13.3. The van der Waals surface area contributed by atoms with Crippen LogP contribution in [0.3, 0.4) is 0 Å². The predicted molar refractivity (Wildman–Crippen MR) is 141 cm³/mol. The van der Waals surface area contributed by atoms with Crippen LogP contribution in [0.15, 0.2) is 79.0 Å². The highest BCUT2D eigenvalue weighted by Crippen LogP contribution is 2.28. The van der Waals surface area contributed by atoms with Gasteiger partial charge in [0, 0.05) is 61.1 Å². The van der Waals surface area contributed by atoms with Gasteiger partial charge in [-0.2, -0.15) is 0 Å². The van der Waals surface area contributed by atoms with E-state index >= 15 is 0 Å². The number of hydrogen-bond acceptors (Lipinski definition) is 5. The number of fused-ring (bicyclic) bond motifs is 1. The van der Waals surface area contributed by atoms with Gasteiger partial charge in [0.05, 0.1) is 6.61 Å². The molecule has 1 saturated heterocycles. The number of para-hydroxylation sites is 1. The van der Waals surface area contributed by atoms with E-state index in [1.165, 1.54) is 12.1 Å². The molecule has 0 saturated carbocycles. The second-order valence-corrected chi connectivity index (χ2v) is 8.74. The molecule has 1 N–H and O–H groups in total. The number of halogens is 1. The van der Waals surface area contributed by atoms with Crippen LogP contribution in [0.1, 0.15) is 22.8 Å². The Morgan fingerprint density at radius 2 is 1.72 bits per heavy atom. The largest absolute Gasteiger partial charge is 0.494 e. The van der Waals surface area contributed by atoms with Gasteiger partial charge in [-0.3, -0.25) is 4.79 Å². The van der Waals surface area contributed by atoms with Gasteiger partial charge < -0.3 is 19.9 Å². The number of rotatable bonds is 7. The zero-order valence-corrected chi connectivity index (χ0v) is 20.3. The topological polar surface area (TPSA) is 57.7 Å². The van der Waals surface area contributed by atoms with Crippen LogP contribution >= 0.6 is 0 Å². The van der Waals surface area contributed by atoms with Crippen molar-refractivity contribution in [3.63, 3.8) is 0 Å². The Hall–Kier alpha value is -4.13. The first kappa shape index (κ1) is 23.6. The number of ether oxygens (including phenoxy) is 1. The average Bonchev–Trinajstić information content (AvgIpc) is 2.92. The van der Waals surface area contributed by atoms with E-state index < -0.39 is 0 Å². The van der Waals surface area contributed by atoms with Crippen LogP contribution < -0.4 is 19.9 Å². The molecule has 4 aromatic rings. The molecule has 5 rings (SSSR count). The fourth-order valence-corrected chi connectivity index (χ4v) is 4.60. The van der Waals surface area contributed by atoms with Gasteiger partial charge in [-0.1, -0.05) is 24.3 Å². The van der Waals surface area contributed by atoms with E-state index in [1.54, 1.807) is 0 Å². The smallest absolute Gasteiger partial charge is 0.251 e. The van der Waals surface area contributed by atoms with Gasteiger partial charge in [0.1, 0.15) is 17.4 Å². The molecular weight excluding hydrogens is 455 g/mol. The molecule has 0 spiro atoms. The summed E-state index contributed by atoms with van der Waals surface area (Å²) in [6.45, 7) is 6.09. The Bertz CT molecular complexity index is 1350. The summed E-state index contributed by atoms with van der Waals surface area (Å²) < 4.78 is 19.0. The van der Waals surface area contributed by atoms with Gasteiger partial charge in [0.25, 0.3) is 5.91 Å². The molecule has 184 valence electrons. The van der Waals surface area contributed by atoms with Gasteiger partial charge >= 0.3 is 0 Å². The number of anilines is 2. The van der Waals surface area contributed by atoms with E-state index in [9.17, 15) is 9.18 Å². The van der Waals surface area contributed by atoms with Crippen LogP contribution in [-0.4, -0.2) is 43.7 Å². The summed E-state index contributed by atoms with van der Waals surface area (Å²) in [5, 5.41) is 5.01. The van der Waals surface area contributed by atoms with Gasteiger partial charge in [-0.25, -0.2) is 9.37 Å². The van der Waals surface area contributed by atoms with Crippen molar-refractivity contribution in [2.45, 2.75) is 13.5 Å². The number of amides is 1. The minimum atomic E-state index is -0.226. The van der Waals surface area contributed by atoms with Crippen molar-refractivity contribution < 1.29 is 13.9 Å². The van der Waals surface area contributed by atoms with E-state index in [-0.39, 0.29) is 11.7 Å². The van der Waals surface area contributed by atoms with Crippen molar-refractivity contribution in [3.05, 3.63) is 95.9 Å². The predicted octanol–water partition coefficient (Wildman–Crippen LogP) is 5.03. The minimum Gasteiger partial charge on any atom is -0.494 e. The Morgan fingerprint density at radius 1 is 0.972 bits per heavy atom. The lowest BCUT2D eigenvalue weighted by Crippen LogP contribution is -2.46. The van der Waals surface area contributed by atoms with Crippen LogP contribution in [0, 0.1) is 5.82 Å². The molecule has 0 radical (unpaired) electrons. The summed E-state index contributed by atoms with van der Waals surface area (Å²) in [6.07, 6.45) is 1.81. The number of carbonyl (C=O) groups is 1. The van der Waals surface area contributed by atoms with Crippen molar-refractivity contribution >= 4 is 28.2 Å². The SMILES string of the molecule is CCOc1ccccc1CNC(=O)c1ccc2ccnc(N3CCN(c4ccc(F)cc4)CC3)c2c1. The number of nitrogens with one attached hydrogen (secondary N) is 1. The molecule has 1 fully saturated rings. The van der Waals surface area contributed by atoms with E-state index in [0.717, 1.165) is 59.8 Å². The fourth-order valence-electron chi connectivity index (χ4n) is 4.60. The first-order valence-corrected chi connectivity index (χ1v) is 12.3. The van der Waals surface area contributed by atoms with Gasteiger partial charge in [-0.15, -0.1) is 0 Å². The molecule has 7 heteroatoms. The van der Waals surface area contributed by atoms with Gasteiger partial charge in [-0.05, 0) is 60.8 Å². The molecule has 0 atom stereocenters. The van der Waals surface area contributed by atoms with E-state index in [2.05, 4.69) is 20.1 Å². The maximum atomic E-state index is 13.3. The van der Waals surface area contributed by atoms with Crippen LogP contribution in [0.25, 0.3) is 10.8 Å². The van der Waals surface area contributed by atoms with Crippen molar-refractivity contribution in [3.8, 4) is 5.75 Å². The lowest BCUT2D eigenvalue weighted by atomic mass is 10.1. The molecule has 1 aliphatic rings. The molecule has 1 amide bonds. The van der Waals surface area contributed by atoms with E-state index in [4.69, 9.17) is 4.74 Å². The molecule has 0 unspecified atom stereocenters. The van der Waals surface area contributed by atoms with Crippen molar-refractivity contribution in [1.29, 1.82) is 0 Å². The first-order valence-electron chi connectivity index (χ1n) is 12.3. The zero-order chi connectivity index (χ0) is 24.9. The molecule has 2 heterocycles. The molecule has 1 aliphatic heterocycles. The van der Waals surface area contributed by atoms with Gasteiger partial charge in [0.15, 0.2) is 0 Å². The Morgan fingerprint density at radius 3 is 2.50 bits per heavy atom. The summed E-state index contributed by atoms with van der Waals surface area (Å²) >= 11 is 0. The molecular formula is C29H29FN4O2. The highest BCUT2D eigenvalue weighted by molar-refractivity contribution is 6.01. The molecule has 1 aromatic heterocycles. The third kappa shape index (κ3) is 5.10. The summed E-state index contributed by atoms with van der Waals surface area (Å²) in [6, 6.07) is 22.1. The summed E-state index contributed by atoms with van der Waals surface area (Å²) in [7, 11) is 0. The van der Waals surface area contributed by atoms with Crippen LogP contribution in [0.2, 0.25) is 0 Å². The van der Waals surface area contributed by atoms with Crippen LogP contribution in [0.4, 0.5) is 15.9 Å². The maximum Gasteiger partial charge on any atom is 0.251 e. The Balaban J connectivity index is 1.31. The number of pyridine rings is 1. The minimum absolute atomic E-state index is 0.140. The lowest BCUT2D eigenvalue weighted by Gasteiger charge is -2.37. The summed E-state index contributed by atoms with van der Waals surface area (Å²) in [5.41, 5.74) is 2.55. The molecule has 6 nitrogen and oxygen atoms in total. The molecule has 3 aromatic carbocycles. The highest BCUT2D eigenvalue weighted by atomic mass is 19.1. The van der Waals surface area contributed by atoms with Crippen molar-refractivity contribution in [2.75, 3.05) is 42.6 Å². The standard InChI is InChI=1S/C29H29FN4O2/c1-2-36-27-6-4-3-5-23(27)20-32-29(35)22-8-7-21-13-14-31-28(26(21)19-22)34-17-15-33(16-18-34)25-11-9-24(30)10-12-25/h3-14,19H,2,15-18,20H2,1H3,(H,32,35). The second-order valence-electron chi connectivity index (χ2n) is 8.74. The Kier molecular flexibility index (Phi) is 6.98. The van der Waals surface area contributed by atoms with Crippen molar-refractivity contribution in [1.82, 2.24) is 10.3 Å². The third-order valence-electron chi connectivity index (χ3n) is 6.49. The number of hydrogen-bond donors (Lipinski definition) is 1. The quantitative estimate of drug-likeness (QED) is 0.399. The molecule has 36 heavy (non-hydrogen) atoms. The van der Waals surface area contributed by atoms with Crippen LogP contribution in [-0.2, 0) is 6.54 Å². The highest BCUT2D eigenvalue weighted by Gasteiger charge is 2.20. The lowest BCUT2D eigenvalue weighted by molar-refractivity contribution is 0.0951. The molecule has 0 aliphatic carbocycles. The monoisotopic (exact) mass is 484 g/mol. The normalized spacial score (nSPS) is 13.6. The van der Waals surface area contributed by atoms with Crippen LogP contribution in [0.5, 0.6) is 5.75 Å². The number of benzene rings is 3. The van der Waals surface area contributed by atoms with Crippen molar-refractivity contribution in [2.24, 2.45) is 0 Å². The fraction of sp³-hybridized carbons (Fsp3) is 0.241. The zero-order valence-electron chi connectivity index (χ0n) is 20.3. The molecule has 0 bridgehead atoms. The summed E-state index contributed by atoms with van der Waals surface area (Å²) in [5.74, 6) is 1.29. The number of nitrogens with zero attached hydrogens (tertiary/aromatic N) is 3. The second kappa shape index (κ2) is 10.6. The van der Waals surface area contributed by atoms with Gasteiger partial charge in [0.2, 0.25) is 0 Å².